The number of hydrogen-bond acceptors (Lipinski definition) is 5. The second kappa shape index (κ2) is 9.97. The number of nitrogens with one attached hydrogen (secondary N) is 2. The van der Waals surface area contributed by atoms with Crippen molar-refractivity contribution in [2.24, 2.45) is 0 Å². The molecule has 0 radical (unpaired) electrons. The Balaban J connectivity index is 0.00000364. The third-order valence-electron chi connectivity index (χ3n) is 3.53. The van der Waals surface area contributed by atoms with Gasteiger partial charge in [-0.05, 0) is 55.5 Å². The molecule has 7 nitrogen and oxygen atoms in total. The van der Waals surface area contributed by atoms with Crippen molar-refractivity contribution >= 4 is 11.8 Å². The number of aromatic hydroxyl groups is 1. The molecule has 142 valence electrons. The molecule has 2 aromatic rings. The minimum atomic E-state index is -1.28. The minimum Gasteiger partial charge on any atom is -0.508 e. The Labute approximate surface area is 157 Å². The lowest BCUT2D eigenvalue weighted by molar-refractivity contribution is -0.133. The average molecular weight is 370 g/mol. The van der Waals surface area contributed by atoms with E-state index in [4.69, 9.17) is 5.21 Å². The number of hydroxylamine groups is 1. The number of amides is 2. The van der Waals surface area contributed by atoms with Gasteiger partial charge >= 0.3 is 0 Å². The first-order valence-electron chi connectivity index (χ1n) is 7.74. The predicted octanol–water partition coefficient (Wildman–Crippen LogP) is 1.41. The molecule has 0 aliphatic carbocycles. The Bertz CT molecular complexity index is 833. The predicted molar refractivity (Wildman–Crippen MR) is 100 cm³/mol. The lowest BCUT2D eigenvalue weighted by atomic mass is 10.1. The summed E-state index contributed by atoms with van der Waals surface area (Å²) in [5.74, 6) is 4.54. The molecule has 0 saturated heterocycles. The number of benzene rings is 2. The number of rotatable bonds is 4. The number of hydrogen-bond donors (Lipinski definition) is 5. The second-order valence-electron chi connectivity index (χ2n) is 5.54. The molecule has 2 aromatic carbocycles. The van der Waals surface area contributed by atoms with Crippen molar-refractivity contribution in [1.82, 2.24) is 10.8 Å². The highest BCUT2D eigenvalue weighted by Gasteiger charge is 2.25. The number of aliphatic hydroxyl groups is 1. The highest BCUT2D eigenvalue weighted by molar-refractivity contribution is 5.97. The zero-order valence-electron chi connectivity index (χ0n) is 13.9. The molecule has 7 heteroatoms. The summed E-state index contributed by atoms with van der Waals surface area (Å²) < 4.78 is 0. The van der Waals surface area contributed by atoms with E-state index in [1.54, 1.807) is 36.4 Å². The van der Waals surface area contributed by atoms with E-state index in [0.717, 1.165) is 5.56 Å². The smallest absolute Gasteiger partial charge is 0.268 e. The fourth-order valence-electron chi connectivity index (χ4n) is 2.09. The summed E-state index contributed by atoms with van der Waals surface area (Å²) in [5.41, 5.74) is 3.09. The van der Waals surface area contributed by atoms with E-state index in [0.29, 0.717) is 5.56 Å². The van der Waals surface area contributed by atoms with Gasteiger partial charge in [0, 0.05) is 16.7 Å². The number of carbonyl (C=O) groups is 2. The molecule has 0 heterocycles. The zero-order chi connectivity index (χ0) is 19.1. The zero-order valence-corrected chi connectivity index (χ0v) is 13.9. The fraction of sp³-hybridized carbons (Fsp3) is 0.200. The third kappa shape index (κ3) is 6.15. The van der Waals surface area contributed by atoms with Crippen molar-refractivity contribution in [3.63, 3.8) is 0 Å². The Morgan fingerprint density at radius 1 is 0.963 bits per heavy atom. The average Bonchev–Trinajstić information content (AvgIpc) is 2.65. The molecule has 0 spiro atoms. The molecular weight excluding hydrogens is 348 g/mol. The fourth-order valence-corrected chi connectivity index (χ4v) is 2.09. The van der Waals surface area contributed by atoms with Gasteiger partial charge in [-0.2, -0.15) is 0 Å². The molecule has 2 rings (SSSR count). The summed E-state index contributed by atoms with van der Waals surface area (Å²) in [6.45, 7) is 1.32. The molecule has 2 amide bonds. The van der Waals surface area contributed by atoms with Crippen LogP contribution in [0.15, 0.2) is 48.5 Å². The van der Waals surface area contributed by atoms with E-state index >= 15 is 0 Å². The Kier molecular flexibility index (Phi) is 8.01. The summed E-state index contributed by atoms with van der Waals surface area (Å²) in [6, 6.07) is 11.5. The van der Waals surface area contributed by atoms with Gasteiger partial charge in [-0.15, -0.1) is 0 Å². The molecule has 5 N–H and O–H groups in total. The largest absolute Gasteiger partial charge is 0.508 e. The maximum absolute atomic E-state index is 12.2. The van der Waals surface area contributed by atoms with Gasteiger partial charge in [0.2, 0.25) is 0 Å². The van der Waals surface area contributed by atoms with Crippen LogP contribution in [0, 0.1) is 11.8 Å². The van der Waals surface area contributed by atoms with Crippen LogP contribution in [-0.4, -0.2) is 39.4 Å². The Morgan fingerprint density at radius 3 is 1.89 bits per heavy atom. The molecule has 0 bridgehead atoms. The van der Waals surface area contributed by atoms with Gasteiger partial charge in [0.25, 0.3) is 11.8 Å². The molecule has 0 unspecified atom stereocenters. The lowest BCUT2D eigenvalue weighted by Gasteiger charge is -2.19. The molecule has 0 saturated carbocycles. The van der Waals surface area contributed by atoms with E-state index < -0.39 is 24.0 Å². The van der Waals surface area contributed by atoms with E-state index in [2.05, 4.69) is 17.2 Å². The van der Waals surface area contributed by atoms with Crippen molar-refractivity contribution in [3.05, 3.63) is 65.2 Å². The van der Waals surface area contributed by atoms with E-state index in [1.165, 1.54) is 24.5 Å². The molecule has 0 aromatic heterocycles. The van der Waals surface area contributed by atoms with Crippen molar-refractivity contribution in [1.29, 1.82) is 0 Å². The first-order valence-corrected chi connectivity index (χ1v) is 7.74. The van der Waals surface area contributed by atoms with E-state index in [1.807, 2.05) is 0 Å². The van der Waals surface area contributed by atoms with E-state index in [-0.39, 0.29) is 18.7 Å². The van der Waals surface area contributed by atoms with Crippen LogP contribution in [0.1, 0.15) is 35.8 Å². The highest BCUT2D eigenvalue weighted by Crippen LogP contribution is 2.09. The van der Waals surface area contributed by atoms with Crippen LogP contribution in [0.2, 0.25) is 0 Å². The molecule has 27 heavy (non-hydrogen) atoms. The van der Waals surface area contributed by atoms with Crippen LogP contribution in [0.5, 0.6) is 5.75 Å². The minimum absolute atomic E-state index is 0. The van der Waals surface area contributed by atoms with Crippen LogP contribution in [0.4, 0.5) is 0 Å². The van der Waals surface area contributed by atoms with Gasteiger partial charge in [0.05, 0.1) is 6.10 Å². The van der Waals surface area contributed by atoms with Gasteiger partial charge in [-0.1, -0.05) is 19.3 Å². The van der Waals surface area contributed by atoms with Crippen LogP contribution in [0.3, 0.4) is 0 Å². The van der Waals surface area contributed by atoms with Gasteiger partial charge in [0.1, 0.15) is 11.8 Å². The van der Waals surface area contributed by atoms with Crippen molar-refractivity contribution in [2.75, 3.05) is 0 Å². The molecule has 0 aliphatic rings. The van der Waals surface area contributed by atoms with Gasteiger partial charge in [-0.25, -0.2) is 5.48 Å². The summed E-state index contributed by atoms with van der Waals surface area (Å²) >= 11 is 0. The first kappa shape index (κ1) is 21.7. The normalized spacial score (nSPS) is 11.8. The van der Waals surface area contributed by atoms with Crippen LogP contribution in [-0.2, 0) is 4.79 Å². The number of phenolic OH excluding ortho intramolecular Hbond substituents is 1. The standard InChI is InChI=1S/C19H18N2O5.CH4/c1-12(22)17(19(25)21-26)20-18(24)15-8-4-13(5-9-15)2-3-14-6-10-16(23)11-7-14;/h4-12,17,22-23,26H,1H3,(H,20,24)(H,21,25);1H4/t12-,17+;/m1./s1. The molecule has 2 atom stereocenters. The number of aliphatic hydroxyl groups excluding tert-OH is 1. The maximum atomic E-state index is 12.2. The highest BCUT2D eigenvalue weighted by atomic mass is 16.5. The Hall–Kier alpha value is -3.34. The maximum Gasteiger partial charge on any atom is 0.268 e. The van der Waals surface area contributed by atoms with Gasteiger partial charge in [0.15, 0.2) is 0 Å². The quantitative estimate of drug-likeness (QED) is 0.317. The van der Waals surface area contributed by atoms with Crippen molar-refractivity contribution in [2.45, 2.75) is 26.5 Å². The van der Waals surface area contributed by atoms with Gasteiger partial charge in [-0.3, -0.25) is 14.8 Å². The summed E-state index contributed by atoms with van der Waals surface area (Å²) in [4.78, 5) is 23.6. The van der Waals surface area contributed by atoms with Crippen LogP contribution >= 0.6 is 0 Å². The number of carbonyl (C=O) groups excluding carboxylic acids is 2. The molecular formula is C20H22N2O5. The second-order valence-corrected chi connectivity index (χ2v) is 5.54. The lowest BCUT2D eigenvalue weighted by Crippen LogP contribution is -2.51. The van der Waals surface area contributed by atoms with Crippen LogP contribution in [0.25, 0.3) is 0 Å². The molecule has 0 fully saturated rings. The Morgan fingerprint density at radius 2 is 1.44 bits per heavy atom. The topological polar surface area (TPSA) is 119 Å². The SMILES string of the molecule is C.C[C@@H](O)[C@H](NC(=O)c1ccc(C#Cc2ccc(O)cc2)cc1)C(=O)NO. The van der Waals surface area contributed by atoms with Crippen molar-refractivity contribution in [3.8, 4) is 17.6 Å². The van der Waals surface area contributed by atoms with Crippen molar-refractivity contribution < 1.29 is 25.0 Å². The van der Waals surface area contributed by atoms with Crippen LogP contribution < -0.4 is 10.8 Å². The summed E-state index contributed by atoms with van der Waals surface area (Å²) in [7, 11) is 0. The third-order valence-corrected chi connectivity index (χ3v) is 3.53. The van der Waals surface area contributed by atoms with Gasteiger partial charge < -0.3 is 15.5 Å². The molecule has 0 aliphatic heterocycles. The monoisotopic (exact) mass is 370 g/mol. The number of phenols is 1. The first-order chi connectivity index (χ1) is 12.4. The van der Waals surface area contributed by atoms with E-state index in [9.17, 15) is 19.8 Å². The summed E-state index contributed by atoms with van der Waals surface area (Å²) in [5, 5.41) is 29.8. The summed E-state index contributed by atoms with van der Waals surface area (Å²) in [6.07, 6.45) is -1.18.